The first kappa shape index (κ1) is 17.4. The molecule has 8 heteroatoms. The summed E-state index contributed by atoms with van der Waals surface area (Å²) < 4.78 is 10.6. The predicted octanol–water partition coefficient (Wildman–Crippen LogP) is 3.30. The van der Waals surface area contributed by atoms with Gasteiger partial charge >= 0.3 is 6.09 Å². The number of carbonyl (C=O) groups is 1. The minimum Gasteiger partial charge on any atom is -0.444 e. The molecule has 0 aliphatic heterocycles. The first-order valence-corrected chi connectivity index (χ1v) is 8.24. The zero-order valence-electron chi connectivity index (χ0n) is 14.3. The minimum absolute atomic E-state index is 0.118. The summed E-state index contributed by atoms with van der Waals surface area (Å²) in [4.78, 5) is 22.2. The first-order chi connectivity index (χ1) is 10.7. The summed E-state index contributed by atoms with van der Waals surface area (Å²) in [6.07, 6.45) is 0.103. The molecule has 2 aromatic heterocycles. The standard InChI is InChI=1S/C15H22N4O3S/c1-9(19(6)14(20)21-15(3,4)5)7-12-17-13(22-18-12)11-8-23-10(2)16-11/h8-9H,7H2,1-6H3/t9-/m1/s1. The van der Waals surface area contributed by atoms with Gasteiger partial charge in [-0.3, -0.25) is 0 Å². The molecule has 0 saturated heterocycles. The van der Waals surface area contributed by atoms with Gasteiger partial charge in [-0.1, -0.05) is 5.16 Å². The molecule has 2 aromatic rings. The molecule has 0 bridgehead atoms. The molecule has 0 N–H and O–H groups in total. The predicted molar refractivity (Wildman–Crippen MR) is 87.3 cm³/mol. The highest BCUT2D eigenvalue weighted by atomic mass is 32.1. The van der Waals surface area contributed by atoms with Crippen molar-refractivity contribution in [2.24, 2.45) is 0 Å². The highest BCUT2D eigenvalue weighted by Gasteiger charge is 2.24. The second kappa shape index (κ2) is 6.66. The van der Waals surface area contributed by atoms with Crippen molar-refractivity contribution in [1.29, 1.82) is 0 Å². The summed E-state index contributed by atoms with van der Waals surface area (Å²) >= 11 is 1.53. The molecule has 0 unspecified atom stereocenters. The summed E-state index contributed by atoms with van der Waals surface area (Å²) in [7, 11) is 1.70. The van der Waals surface area contributed by atoms with Crippen molar-refractivity contribution in [3.63, 3.8) is 0 Å². The number of amides is 1. The van der Waals surface area contributed by atoms with E-state index in [2.05, 4.69) is 15.1 Å². The summed E-state index contributed by atoms with van der Waals surface area (Å²) in [5.74, 6) is 0.935. The van der Waals surface area contributed by atoms with E-state index in [-0.39, 0.29) is 12.1 Å². The third kappa shape index (κ3) is 4.75. The summed E-state index contributed by atoms with van der Waals surface area (Å²) in [6, 6.07) is -0.118. The number of aromatic nitrogens is 3. The Bertz CT molecular complexity index is 674. The SMILES string of the molecule is Cc1nc(-c2nc(C[C@@H](C)N(C)C(=O)OC(C)(C)C)no2)cs1. The first-order valence-electron chi connectivity index (χ1n) is 7.36. The van der Waals surface area contributed by atoms with Gasteiger partial charge in [-0.25, -0.2) is 9.78 Å². The fraction of sp³-hybridized carbons (Fsp3) is 0.600. The van der Waals surface area contributed by atoms with Crippen LogP contribution in [0.3, 0.4) is 0 Å². The lowest BCUT2D eigenvalue weighted by atomic mass is 10.2. The van der Waals surface area contributed by atoms with Crippen LogP contribution in [0.2, 0.25) is 0 Å². The van der Waals surface area contributed by atoms with E-state index in [9.17, 15) is 4.79 Å². The molecule has 7 nitrogen and oxygen atoms in total. The van der Waals surface area contributed by atoms with Gasteiger partial charge in [-0.2, -0.15) is 4.98 Å². The molecule has 2 rings (SSSR count). The maximum Gasteiger partial charge on any atom is 0.410 e. The van der Waals surface area contributed by atoms with E-state index in [0.717, 1.165) is 5.01 Å². The van der Waals surface area contributed by atoms with Crippen molar-refractivity contribution in [2.75, 3.05) is 7.05 Å². The van der Waals surface area contributed by atoms with Gasteiger partial charge in [0.05, 0.1) is 5.01 Å². The van der Waals surface area contributed by atoms with Gasteiger partial charge in [0.15, 0.2) is 5.82 Å². The average Bonchev–Trinajstić information content (AvgIpc) is 3.04. The number of carbonyl (C=O) groups excluding carboxylic acids is 1. The third-order valence-corrected chi connectivity index (χ3v) is 3.90. The van der Waals surface area contributed by atoms with E-state index in [1.165, 1.54) is 16.2 Å². The Morgan fingerprint density at radius 3 is 2.70 bits per heavy atom. The van der Waals surface area contributed by atoms with Gasteiger partial charge < -0.3 is 14.2 Å². The minimum atomic E-state index is -0.521. The van der Waals surface area contributed by atoms with E-state index < -0.39 is 5.60 Å². The second-order valence-electron chi connectivity index (χ2n) is 6.41. The summed E-state index contributed by atoms with van der Waals surface area (Å²) in [6.45, 7) is 9.34. The molecule has 1 amide bonds. The number of thiazole rings is 1. The maximum atomic E-state index is 12.1. The fourth-order valence-electron chi connectivity index (χ4n) is 1.82. The third-order valence-electron chi connectivity index (χ3n) is 3.13. The lowest BCUT2D eigenvalue weighted by Crippen LogP contribution is -2.40. The molecular formula is C15H22N4O3S. The maximum absolute atomic E-state index is 12.1. The van der Waals surface area contributed by atoms with Gasteiger partial charge in [0.1, 0.15) is 11.3 Å². The van der Waals surface area contributed by atoms with Crippen LogP contribution in [-0.2, 0) is 11.2 Å². The molecule has 0 spiro atoms. The van der Waals surface area contributed by atoms with Gasteiger partial charge in [-0.05, 0) is 34.6 Å². The van der Waals surface area contributed by atoms with Crippen LogP contribution in [0.1, 0.15) is 38.5 Å². The van der Waals surface area contributed by atoms with Crippen LogP contribution < -0.4 is 0 Å². The van der Waals surface area contributed by atoms with Crippen LogP contribution in [0.5, 0.6) is 0 Å². The molecular weight excluding hydrogens is 316 g/mol. The number of aryl methyl sites for hydroxylation is 1. The Morgan fingerprint density at radius 2 is 2.13 bits per heavy atom. The second-order valence-corrected chi connectivity index (χ2v) is 7.47. The molecule has 23 heavy (non-hydrogen) atoms. The van der Waals surface area contributed by atoms with Crippen molar-refractivity contribution in [2.45, 2.75) is 52.7 Å². The van der Waals surface area contributed by atoms with E-state index in [1.54, 1.807) is 7.05 Å². The molecule has 0 aromatic carbocycles. The van der Waals surface area contributed by atoms with Crippen LogP contribution in [0.15, 0.2) is 9.90 Å². The summed E-state index contributed by atoms with van der Waals surface area (Å²) in [5.41, 5.74) is 0.159. The molecule has 0 aliphatic carbocycles. The number of ether oxygens (including phenoxy) is 1. The van der Waals surface area contributed by atoms with Gasteiger partial charge in [0, 0.05) is 24.9 Å². The Morgan fingerprint density at radius 1 is 1.43 bits per heavy atom. The van der Waals surface area contributed by atoms with Crippen LogP contribution >= 0.6 is 11.3 Å². The Balaban J connectivity index is 1.99. The number of rotatable bonds is 4. The molecule has 0 saturated carbocycles. The molecule has 0 aliphatic rings. The Labute approximate surface area is 139 Å². The zero-order valence-corrected chi connectivity index (χ0v) is 15.1. The van der Waals surface area contributed by atoms with Crippen molar-refractivity contribution in [3.8, 4) is 11.6 Å². The van der Waals surface area contributed by atoms with E-state index in [4.69, 9.17) is 9.26 Å². The quantitative estimate of drug-likeness (QED) is 0.851. The lowest BCUT2D eigenvalue weighted by molar-refractivity contribution is 0.0234. The molecule has 0 fully saturated rings. The average molecular weight is 338 g/mol. The van der Waals surface area contributed by atoms with Crippen LogP contribution in [-0.4, -0.2) is 44.8 Å². The highest BCUT2D eigenvalue weighted by molar-refractivity contribution is 7.09. The van der Waals surface area contributed by atoms with Gasteiger partial charge in [0.2, 0.25) is 0 Å². The smallest absolute Gasteiger partial charge is 0.410 e. The van der Waals surface area contributed by atoms with Gasteiger partial charge in [0.25, 0.3) is 5.89 Å². The topological polar surface area (TPSA) is 81.4 Å². The molecule has 1 atom stereocenters. The number of nitrogens with zero attached hydrogens (tertiary/aromatic N) is 4. The lowest BCUT2D eigenvalue weighted by Gasteiger charge is -2.28. The van der Waals surface area contributed by atoms with Crippen LogP contribution in [0, 0.1) is 6.92 Å². The van der Waals surface area contributed by atoms with Crippen LogP contribution in [0.25, 0.3) is 11.6 Å². The molecule has 126 valence electrons. The summed E-state index contributed by atoms with van der Waals surface area (Å²) in [5, 5.41) is 6.78. The van der Waals surface area contributed by atoms with Crippen molar-refractivity contribution in [1.82, 2.24) is 20.0 Å². The van der Waals surface area contributed by atoms with Gasteiger partial charge in [-0.15, -0.1) is 11.3 Å². The largest absolute Gasteiger partial charge is 0.444 e. The Hall–Kier alpha value is -1.96. The zero-order chi connectivity index (χ0) is 17.2. The number of hydrogen-bond donors (Lipinski definition) is 0. The normalized spacial score (nSPS) is 13.0. The van der Waals surface area contributed by atoms with Crippen molar-refractivity contribution in [3.05, 3.63) is 16.2 Å². The van der Waals surface area contributed by atoms with E-state index in [0.29, 0.717) is 23.8 Å². The van der Waals surface area contributed by atoms with E-state index >= 15 is 0 Å². The van der Waals surface area contributed by atoms with Crippen molar-refractivity contribution < 1.29 is 14.1 Å². The number of hydrogen-bond acceptors (Lipinski definition) is 7. The highest BCUT2D eigenvalue weighted by Crippen LogP contribution is 2.20. The molecule has 2 heterocycles. The fourth-order valence-corrected chi connectivity index (χ4v) is 2.40. The monoisotopic (exact) mass is 338 g/mol. The van der Waals surface area contributed by atoms with E-state index in [1.807, 2.05) is 40.0 Å². The molecule has 0 radical (unpaired) electrons. The Kier molecular flexibility index (Phi) is 5.03. The van der Waals surface area contributed by atoms with Crippen molar-refractivity contribution >= 4 is 17.4 Å². The number of likely N-dealkylation sites (N-methyl/N-ethyl adjacent to an activating group) is 1. The van der Waals surface area contributed by atoms with Crippen LogP contribution in [0.4, 0.5) is 4.79 Å².